The normalized spacial score (nSPS) is 37.4. The molecule has 0 radical (unpaired) electrons. The van der Waals surface area contributed by atoms with Gasteiger partial charge in [0, 0.05) is 36.4 Å². The molecule has 0 aromatic carbocycles. The summed E-state index contributed by atoms with van der Waals surface area (Å²) in [7, 11) is 1.00. The fourth-order valence-corrected chi connectivity index (χ4v) is 6.45. The highest BCUT2D eigenvalue weighted by molar-refractivity contribution is 6.01. The molecule has 200 valence electrons. The van der Waals surface area contributed by atoms with Gasteiger partial charge in [-0.05, 0) is 49.8 Å². The van der Waals surface area contributed by atoms with Gasteiger partial charge in [-0.25, -0.2) is 8.78 Å². The van der Waals surface area contributed by atoms with Crippen molar-refractivity contribution in [2.45, 2.75) is 71.8 Å². The number of aliphatic hydroxyl groups excluding tert-OH is 2. The molecular weight excluding hydrogens is 470 g/mol. The third kappa shape index (κ3) is 4.83. The molecule has 2 N–H and O–H groups in total. The third-order valence-electron chi connectivity index (χ3n) is 7.92. The van der Waals surface area contributed by atoms with Crippen molar-refractivity contribution in [3.05, 3.63) is 35.5 Å². The molecule has 0 aliphatic heterocycles. The minimum absolute atomic E-state index is 0.01000. The minimum Gasteiger partial charge on any atom is -0.457 e. The number of aliphatic hydroxyl groups is 2. The van der Waals surface area contributed by atoms with Gasteiger partial charge in [0.2, 0.25) is 0 Å². The monoisotopic (exact) mass is 508 g/mol. The average Bonchev–Trinajstić information content (AvgIpc) is 3.21. The summed E-state index contributed by atoms with van der Waals surface area (Å²) >= 11 is 0. The van der Waals surface area contributed by atoms with E-state index in [1.165, 1.54) is 19.1 Å². The SMILES string of the molecule is C#C.CC.CC(=O)OCC(=O)C1=CCC2C3C[C@H](F)C4=CC(=O)C=CC4(C)[C@@]3(F)C(O)CC12C.CO. The fourth-order valence-electron chi connectivity index (χ4n) is 6.45. The molecule has 0 bridgehead atoms. The first-order chi connectivity index (χ1) is 16.9. The van der Waals surface area contributed by atoms with Crippen molar-refractivity contribution in [1.29, 1.82) is 0 Å². The molecule has 8 heteroatoms. The van der Waals surface area contributed by atoms with Crippen molar-refractivity contribution in [3.8, 4) is 12.8 Å². The summed E-state index contributed by atoms with van der Waals surface area (Å²) in [5.41, 5.74) is -3.96. The van der Waals surface area contributed by atoms with Gasteiger partial charge in [-0.1, -0.05) is 32.9 Å². The number of allylic oxidation sites excluding steroid dienone is 5. The van der Waals surface area contributed by atoms with Gasteiger partial charge in [-0.3, -0.25) is 14.4 Å². The van der Waals surface area contributed by atoms with Crippen LogP contribution < -0.4 is 0 Å². The van der Waals surface area contributed by atoms with E-state index in [1.54, 1.807) is 19.9 Å². The Hall–Kier alpha value is -2.63. The lowest BCUT2D eigenvalue weighted by molar-refractivity contribution is -0.192. The minimum atomic E-state index is -2.16. The molecule has 7 atom stereocenters. The van der Waals surface area contributed by atoms with E-state index in [2.05, 4.69) is 12.8 Å². The molecule has 0 aromatic rings. The maximum Gasteiger partial charge on any atom is 0.303 e. The van der Waals surface area contributed by atoms with Crippen LogP contribution in [0.3, 0.4) is 0 Å². The van der Waals surface area contributed by atoms with Crippen LogP contribution in [-0.2, 0) is 19.1 Å². The van der Waals surface area contributed by atoms with E-state index in [-0.39, 0.29) is 35.9 Å². The number of carbonyl (C=O) groups is 3. The lowest BCUT2D eigenvalue weighted by atomic mass is 9.45. The van der Waals surface area contributed by atoms with E-state index in [4.69, 9.17) is 9.84 Å². The number of ketones is 2. The Morgan fingerprint density at radius 2 is 1.78 bits per heavy atom. The summed E-state index contributed by atoms with van der Waals surface area (Å²) in [6, 6.07) is 0. The molecular formula is C28H38F2O6. The van der Waals surface area contributed by atoms with Gasteiger partial charge in [0.1, 0.15) is 6.17 Å². The van der Waals surface area contributed by atoms with Crippen LogP contribution in [-0.4, -0.2) is 59.4 Å². The Morgan fingerprint density at radius 1 is 1.19 bits per heavy atom. The zero-order chi connectivity index (χ0) is 28.1. The number of esters is 1. The Morgan fingerprint density at radius 3 is 2.33 bits per heavy atom. The number of fused-ring (bicyclic) bond motifs is 5. The van der Waals surface area contributed by atoms with Crippen LogP contribution >= 0.6 is 0 Å². The largest absolute Gasteiger partial charge is 0.457 e. The van der Waals surface area contributed by atoms with Gasteiger partial charge in [0.05, 0.1) is 6.10 Å². The number of ether oxygens (including phenoxy) is 1. The topological polar surface area (TPSA) is 101 Å². The summed E-state index contributed by atoms with van der Waals surface area (Å²) < 4.78 is 36.9. The smallest absolute Gasteiger partial charge is 0.303 e. The second-order valence-electron chi connectivity index (χ2n) is 9.42. The van der Waals surface area contributed by atoms with Gasteiger partial charge in [-0.15, -0.1) is 12.8 Å². The number of terminal acetylenes is 1. The molecule has 0 amide bonds. The van der Waals surface area contributed by atoms with Gasteiger partial charge < -0.3 is 14.9 Å². The summed E-state index contributed by atoms with van der Waals surface area (Å²) in [4.78, 5) is 35.6. The Kier molecular flexibility index (Phi) is 10.5. The lowest BCUT2D eigenvalue weighted by Gasteiger charge is -2.62. The van der Waals surface area contributed by atoms with Gasteiger partial charge >= 0.3 is 5.97 Å². The third-order valence-corrected chi connectivity index (χ3v) is 7.92. The summed E-state index contributed by atoms with van der Waals surface area (Å²) in [5.74, 6) is -2.56. The highest BCUT2D eigenvalue weighted by Gasteiger charge is 2.71. The number of hydrogen-bond acceptors (Lipinski definition) is 6. The predicted molar refractivity (Wildman–Crippen MR) is 133 cm³/mol. The van der Waals surface area contributed by atoms with Crippen LogP contribution in [0, 0.1) is 35.5 Å². The maximum absolute atomic E-state index is 16.8. The molecule has 4 aliphatic rings. The van der Waals surface area contributed by atoms with Gasteiger partial charge in [-0.2, -0.15) is 0 Å². The standard InChI is InChI=1S/C23H26F2O5.C2H6.C2H2.CH4O/c1-12(26)30-11-19(28)15-5-4-14-16-9-18(24)17-8-13(27)6-7-22(17,3)23(16,25)20(29)10-21(14,15)2;3*1-2/h5-8,14,16,18,20,29H,4,9-11H2,1-3H3;1-2H3;1-2H;2H,1H3/t14?,16?,18-,20?,21?,22?,23-;;;/m0.../s1. The molecule has 0 saturated heterocycles. The van der Waals surface area contributed by atoms with Crippen LogP contribution in [0.4, 0.5) is 8.78 Å². The molecule has 0 spiro atoms. The molecule has 2 fully saturated rings. The average molecular weight is 509 g/mol. The van der Waals surface area contributed by atoms with Crippen molar-refractivity contribution in [1.82, 2.24) is 0 Å². The van der Waals surface area contributed by atoms with E-state index < -0.39 is 47.3 Å². The van der Waals surface area contributed by atoms with Crippen LogP contribution in [0.5, 0.6) is 0 Å². The zero-order valence-electron chi connectivity index (χ0n) is 21.9. The van der Waals surface area contributed by atoms with Crippen molar-refractivity contribution in [3.63, 3.8) is 0 Å². The molecule has 6 nitrogen and oxygen atoms in total. The van der Waals surface area contributed by atoms with E-state index in [9.17, 15) is 19.5 Å². The second-order valence-corrected chi connectivity index (χ2v) is 9.42. The quantitative estimate of drug-likeness (QED) is 0.444. The number of Topliss-reactive ketones (excluding diaryl/α,β-unsaturated/α-hetero) is 1. The second kappa shape index (κ2) is 12.1. The summed E-state index contributed by atoms with van der Waals surface area (Å²) in [6.07, 6.45) is 10.8. The van der Waals surface area contributed by atoms with E-state index in [1.807, 2.05) is 13.8 Å². The Bertz CT molecular complexity index is 966. The molecule has 4 rings (SSSR count). The fraction of sp³-hybridized carbons (Fsp3) is 0.607. The van der Waals surface area contributed by atoms with Crippen molar-refractivity contribution in [2.75, 3.05) is 13.7 Å². The summed E-state index contributed by atoms with van der Waals surface area (Å²) in [5, 5.41) is 18.1. The first kappa shape index (κ1) is 31.4. The Balaban J connectivity index is 0.00000101. The first-order valence-electron chi connectivity index (χ1n) is 12.1. The molecule has 2 saturated carbocycles. The maximum atomic E-state index is 16.8. The highest BCUT2D eigenvalue weighted by atomic mass is 19.1. The first-order valence-corrected chi connectivity index (χ1v) is 12.1. The molecule has 0 aromatic heterocycles. The Labute approximate surface area is 212 Å². The summed E-state index contributed by atoms with van der Waals surface area (Å²) in [6.45, 7) is 8.14. The molecule has 4 aliphatic carbocycles. The number of halogens is 2. The highest BCUT2D eigenvalue weighted by Crippen LogP contribution is 2.68. The van der Waals surface area contributed by atoms with E-state index in [0.29, 0.717) is 12.0 Å². The number of alkyl halides is 2. The van der Waals surface area contributed by atoms with Crippen LogP contribution in [0.2, 0.25) is 0 Å². The van der Waals surface area contributed by atoms with E-state index >= 15 is 8.78 Å². The van der Waals surface area contributed by atoms with Gasteiger partial charge in [0.15, 0.2) is 23.8 Å². The van der Waals surface area contributed by atoms with Crippen LogP contribution in [0.1, 0.15) is 53.9 Å². The molecule has 5 unspecified atom stereocenters. The van der Waals surface area contributed by atoms with Gasteiger partial charge in [0.25, 0.3) is 0 Å². The van der Waals surface area contributed by atoms with Crippen LogP contribution in [0.25, 0.3) is 0 Å². The zero-order valence-corrected chi connectivity index (χ0v) is 21.9. The molecule has 36 heavy (non-hydrogen) atoms. The number of rotatable bonds is 3. The lowest BCUT2D eigenvalue weighted by Crippen LogP contribution is -2.68. The van der Waals surface area contributed by atoms with Crippen molar-refractivity contribution >= 4 is 17.5 Å². The molecule has 0 heterocycles. The van der Waals surface area contributed by atoms with Crippen LogP contribution in [0.15, 0.2) is 35.5 Å². The van der Waals surface area contributed by atoms with E-state index in [0.717, 1.165) is 13.2 Å². The van der Waals surface area contributed by atoms with Crippen molar-refractivity contribution < 1.29 is 38.1 Å². The van der Waals surface area contributed by atoms with Crippen molar-refractivity contribution in [2.24, 2.45) is 22.7 Å². The number of carbonyl (C=O) groups excluding carboxylic acids is 3. The predicted octanol–water partition coefficient (Wildman–Crippen LogP) is 3.86. The number of hydrogen-bond donors (Lipinski definition) is 2.